The van der Waals surface area contributed by atoms with Gasteiger partial charge < -0.3 is 24.8 Å². The van der Waals surface area contributed by atoms with Crippen LogP contribution in [0.25, 0.3) is 0 Å². The lowest BCUT2D eigenvalue weighted by atomic mass is 9.70. The molecule has 3 saturated heterocycles. The summed E-state index contributed by atoms with van der Waals surface area (Å²) in [6, 6.07) is 4.89. The van der Waals surface area contributed by atoms with E-state index in [9.17, 15) is 19.5 Å². The normalized spacial score (nSPS) is 32.2. The van der Waals surface area contributed by atoms with E-state index in [2.05, 4.69) is 21.2 Å². The maximum atomic E-state index is 13.8. The molecule has 0 aromatic heterocycles. The monoisotopic (exact) mass is 522 g/mol. The first kappa shape index (κ1) is 24.2. The number of aryl methyl sites for hydroxylation is 2. The lowest BCUT2D eigenvalue weighted by Crippen LogP contribution is -2.54. The second-order valence-corrected chi connectivity index (χ2v) is 10.3. The lowest BCUT2D eigenvalue weighted by molar-refractivity contribution is -0.154. The fourth-order valence-corrected chi connectivity index (χ4v) is 6.72. The van der Waals surface area contributed by atoms with Crippen LogP contribution >= 0.6 is 15.9 Å². The van der Waals surface area contributed by atoms with Crippen LogP contribution < -0.4 is 5.32 Å². The Hall–Kier alpha value is -1.97. The molecule has 33 heavy (non-hydrogen) atoms. The molecule has 3 aliphatic heterocycles. The zero-order valence-corrected chi connectivity index (χ0v) is 20.8. The molecule has 0 aliphatic carbocycles. The van der Waals surface area contributed by atoms with Crippen LogP contribution in [0.2, 0.25) is 0 Å². The molecule has 0 saturated carbocycles. The summed E-state index contributed by atoms with van der Waals surface area (Å²) >= 11 is 3.63. The third-order valence-corrected chi connectivity index (χ3v) is 7.98. The molecule has 4 rings (SSSR count). The van der Waals surface area contributed by atoms with Crippen LogP contribution in [0.5, 0.6) is 0 Å². The highest BCUT2D eigenvalue weighted by Gasteiger charge is 2.76. The Balaban J connectivity index is 1.72. The lowest BCUT2D eigenvalue weighted by Gasteiger charge is -2.34. The molecule has 0 radical (unpaired) electrons. The molecule has 3 fully saturated rings. The molecule has 3 heterocycles. The van der Waals surface area contributed by atoms with Crippen molar-refractivity contribution in [3.05, 3.63) is 29.3 Å². The smallest absolute Gasteiger partial charge is 0.312 e. The molecule has 3 aliphatic rings. The Bertz CT molecular complexity index is 935. The third-order valence-electron chi connectivity index (χ3n) is 7.13. The van der Waals surface area contributed by atoms with Crippen LogP contribution in [0.4, 0.5) is 5.69 Å². The number of carbonyl (C=O) groups excluding carboxylic acids is 3. The van der Waals surface area contributed by atoms with Crippen molar-refractivity contribution in [2.45, 2.75) is 62.6 Å². The van der Waals surface area contributed by atoms with Gasteiger partial charge in [0.15, 0.2) is 0 Å². The van der Waals surface area contributed by atoms with Crippen LogP contribution in [0.3, 0.4) is 0 Å². The van der Waals surface area contributed by atoms with Gasteiger partial charge in [0, 0.05) is 23.7 Å². The topological polar surface area (TPSA) is 105 Å². The van der Waals surface area contributed by atoms with Gasteiger partial charge in [-0.3, -0.25) is 14.4 Å². The molecule has 8 nitrogen and oxygen atoms in total. The minimum Gasteiger partial charge on any atom is -0.466 e. The standard InChI is InChI=1S/C24H31BrN2O6/c1-4-32-23(31)16-17-22(30)27(10-5-6-11-28)20(24(17)12-15(25)19(16)33-24)21(29)26-18-13(2)8-7-9-14(18)3/h7-9,15-17,19-20,28H,4-6,10-12H2,1-3H3,(H,26,29)/t15?,16-,17-,19-,20?,24?/m0/s1. The van der Waals surface area contributed by atoms with E-state index in [1.807, 2.05) is 32.0 Å². The number of ether oxygens (including phenoxy) is 2. The fourth-order valence-electron chi connectivity index (χ4n) is 5.78. The Kier molecular flexibility index (Phi) is 6.85. The summed E-state index contributed by atoms with van der Waals surface area (Å²) in [6.07, 6.45) is 0.987. The summed E-state index contributed by atoms with van der Waals surface area (Å²) < 4.78 is 11.7. The molecule has 1 aromatic rings. The fraction of sp³-hybridized carbons (Fsp3) is 0.625. The molecule has 1 spiro atoms. The maximum Gasteiger partial charge on any atom is 0.312 e. The number of aliphatic hydroxyl groups excluding tert-OH is 1. The molecule has 9 heteroatoms. The molecule has 3 unspecified atom stereocenters. The van der Waals surface area contributed by atoms with Crippen molar-refractivity contribution >= 4 is 39.4 Å². The number of benzene rings is 1. The number of hydrogen-bond donors (Lipinski definition) is 2. The number of carbonyl (C=O) groups is 3. The minimum atomic E-state index is -1.10. The van der Waals surface area contributed by atoms with Crippen molar-refractivity contribution in [2.24, 2.45) is 11.8 Å². The number of fused-ring (bicyclic) bond motifs is 1. The van der Waals surface area contributed by atoms with Gasteiger partial charge >= 0.3 is 5.97 Å². The largest absolute Gasteiger partial charge is 0.466 e. The van der Waals surface area contributed by atoms with Gasteiger partial charge in [0.2, 0.25) is 11.8 Å². The average molecular weight is 523 g/mol. The predicted molar refractivity (Wildman–Crippen MR) is 125 cm³/mol. The first-order valence-corrected chi connectivity index (χ1v) is 12.4. The van der Waals surface area contributed by atoms with E-state index < -0.39 is 35.6 Å². The van der Waals surface area contributed by atoms with E-state index in [4.69, 9.17) is 9.47 Å². The third kappa shape index (κ3) is 3.88. The summed E-state index contributed by atoms with van der Waals surface area (Å²) in [7, 11) is 0. The summed E-state index contributed by atoms with van der Waals surface area (Å²) in [5, 5.41) is 12.3. The number of halogens is 1. The van der Waals surface area contributed by atoms with E-state index in [0.717, 1.165) is 16.8 Å². The van der Waals surface area contributed by atoms with Crippen LogP contribution in [0, 0.1) is 25.7 Å². The van der Waals surface area contributed by atoms with Gasteiger partial charge in [-0.25, -0.2) is 0 Å². The molecule has 6 atom stereocenters. The average Bonchev–Trinajstić information content (AvgIpc) is 3.35. The molecule has 180 valence electrons. The van der Waals surface area contributed by atoms with Gasteiger partial charge in [-0.2, -0.15) is 0 Å². The number of esters is 1. The highest BCUT2D eigenvalue weighted by Crippen LogP contribution is 2.60. The molecule has 2 amide bonds. The van der Waals surface area contributed by atoms with E-state index >= 15 is 0 Å². The Labute approximate surface area is 202 Å². The number of hydrogen-bond acceptors (Lipinski definition) is 6. The van der Waals surface area contributed by atoms with E-state index in [1.165, 1.54) is 0 Å². The first-order chi connectivity index (χ1) is 15.8. The van der Waals surface area contributed by atoms with E-state index in [-0.39, 0.29) is 29.9 Å². The predicted octanol–water partition coefficient (Wildman–Crippen LogP) is 2.33. The Morgan fingerprint density at radius 3 is 2.64 bits per heavy atom. The van der Waals surface area contributed by atoms with Crippen LogP contribution in [0.1, 0.15) is 37.3 Å². The summed E-state index contributed by atoms with van der Waals surface area (Å²) in [6.45, 7) is 6.09. The highest BCUT2D eigenvalue weighted by molar-refractivity contribution is 9.09. The number of nitrogens with zero attached hydrogens (tertiary/aromatic N) is 1. The minimum absolute atomic E-state index is 0.00334. The maximum absolute atomic E-state index is 13.8. The number of alkyl halides is 1. The number of rotatable bonds is 8. The quantitative estimate of drug-likeness (QED) is 0.308. The Morgan fingerprint density at radius 1 is 1.30 bits per heavy atom. The molecule has 2 N–H and O–H groups in total. The number of anilines is 1. The van der Waals surface area contributed by atoms with Crippen LogP contribution in [-0.4, -0.2) is 70.1 Å². The van der Waals surface area contributed by atoms with Gasteiger partial charge in [0.1, 0.15) is 11.6 Å². The van der Waals surface area contributed by atoms with Crippen LogP contribution in [0.15, 0.2) is 18.2 Å². The zero-order valence-electron chi connectivity index (χ0n) is 19.2. The van der Waals surface area contributed by atoms with E-state index in [0.29, 0.717) is 25.8 Å². The van der Waals surface area contributed by atoms with Crippen molar-refractivity contribution in [1.82, 2.24) is 4.90 Å². The summed E-state index contributed by atoms with van der Waals surface area (Å²) in [4.78, 5) is 41.7. The van der Waals surface area contributed by atoms with Crippen LogP contribution in [-0.2, 0) is 23.9 Å². The summed E-state index contributed by atoms with van der Waals surface area (Å²) in [5.41, 5.74) is 1.46. The molecule has 2 bridgehead atoms. The van der Waals surface area contributed by atoms with Crippen molar-refractivity contribution in [2.75, 3.05) is 25.1 Å². The Morgan fingerprint density at radius 2 is 2.00 bits per heavy atom. The van der Waals surface area contributed by atoms with Gasteiger partial charge in [-0.1, -0.05) is 34.1 Å². The van der Waals surface area contributed by atoms with Crippen molar-refractivity contribution in [1.29, 1.82) is 0 Å². The van der Waals surface area contributed by atoms with Crippen molar-refractivity contribution in [3.8, 4) is 0 Å². The van der Waals surface area contributed by atoms with Gasteiger partial charge in [-0.15, -0.1) is 0 Å². The number of nitrogens with one attached hydrogen (secondary N) is 1. The second-order valence-electron chi connectivity index (χ2n) is 9.13. The van der Waals surface area contributed by atoms with Gasteiger partial charge in [-0.05, 0) is 51.2 Å². The van der Waals surface area contributed by atoms with Crippen molar-refractivity contribution in [3.63, 3.8) is 0 Å². The first-order valence-electron chi connectivity index (χ1n) is 11.5. The van der Waals surface area contributed by atoms with Gasteiger partial charge in [0.25, 0.3) is 0 Å². The van der Waals surface area contributed by atoms with E-state index in [1.54, 1.807) is 11.8 Å². The molecular formula is C24H31BrN2O6. The summed E-state index contributed by atoms with van der Waals surface area (Å²) in [5.74, 6) is -2.56. The van der Waals surface area contributed by atoms with Gasteiger partial charge in [0.05, 0.1) is 24.5 Å². The van der Waals surface area contributed by atoms with Crippen molar-refractivity contribution < 1.29 is 29.0 Å². The number of amides is 2. The number of aliphatic hydroxyl groups is 1. The number of para-hydroxylation sites is 1. The number of likely N-dealkylation sites (tertiary alicyclic amines) is 1. The highest BCUT2D eigenvalue weighted by atomic mass is 79.9. The number of unbranched alkanes of at least 4 members (excludes halogenated alkanes) is 1. The second kappa shape index (κ2) is 9.35. The SMILES string of the molecule is CCOC(=O)[C@H]1[C@H]2C(=O)N(CCCCO)C(C(=O)Nc3c(C)cccc3C)C23CC(Br)[C@@H]1O3. The molecular weight excluding hydrogens is 492 g/mol. The molecule has 1 aromatic carbocycles. The zero-order chi connectivity index (χ0) is 23.9.